The van der Waals surface area contributed by atoms with Crippen LogP contribution in [0.5, 0.6) is 0 Å². The van der Waals surface area contributed by atoms with E-state index in [1.807, 2.05) is 27.7 Å². The van der Waals surface area contributed by atoms with Crippen LogP contribution in [0, 0.1) is 0 Å². The molecule has 0 spiro atoms. The molecule has 0 aliphatic carbocycles. The second-order valence-corrected chi connectivity index (χ2v) is 4.53. The van der Waals surface area contributed by atoms with Crippen LogP contribution in [0.3, 0.4) is 0 Å². The van der Waals surface area contributed by atoms with Crippen LogP contribution in [0.4, 0.5) is 0 Å². The second kappa shape index (κ2) is 7.22. The van der Waals surface area contributed by atoms with Gasteiger partial charge in [-0.1, -0.05) is 6.92 Å². The monoisotopic (exact) mass is 230 g/mol. The van der Waals surface area contributed by atoms with Gasteiger partial charge in [0.2, 0.25) is 11.8 Å². The second-order valence-electron chi connectivity index (χ2n) is 4.53. The summed E-state index contributed by atoms with van der Waals surface area (Å²) >= 11 is 0. The molecule has 0 heterocycles. The molecule has 16 heavy (non-hydrogen) atoms. The van der Waals surface area contributed by atoms with E-state index in [1.165, 1.54) is 0 Å². The Balaban J connectivity index is 3.61. The van der Waals surface area contributed by atoms with Gasteiger partial charge in [-0.25, -0.2) is 0 Å². The van der Waals surface area contributed by atoms with Crippen molar-refractivity contribution in [3.63, 3.8) is 0 Å². The van der Waals surface area contributed by atoms with E-state index in [1.54, 1.807) is 0 Å². The number of amides is 2. The van der Waals surface area contributed by atoms with Gasteiger partial charge in [0.25, 0.3) is 0 Å². The lowest BCUT2D eigenvalue weighted by Crippen LogP contribution is -2.39. The zero-order valence-corrected chi connectivity index (χ0v) is 10.6. The lowest BCUT2D eigenvalue weighted by molar-refractivity contribution is -0.132. The molecule has 0 unspecified atom stereocenters. The Labute approximate surface area is 96.9 Å². The van der Waals surface area contributed by atoms with E-state index >= 15 is 0 Å². The highest BCUT2D eigenvalue weighted by Crippen LogP contribution is 2.05. The molecule has 0 aliphatic rings. The molecule has 0 aliphatic heterocycles. The number of hydrogen-bond acceptors (Lipinski definition) is 3. The van der Waals surface area contributed by atoms with Gasteiger partial charge in [0, 0.05) is 6.54 Å². The van der Waals surface area contributed by atoms with Crippen molar-refractivity contribution in [2.24, 2.45) is 0 Å². The highest BCUT2D eigenvalue weighted by molar-refractivity contribution is 5.85. The predicted octanol–water partition coefficient (Wildman–Crippen LogP) is 0.444. The number of ether oxygens (including phenoxy) is 1. The fraction of sp³-hybridized carbons (Fsp3) is 0.818. The summed E-state index contributed by atoms with van der Waals surface area (Å²) in [5, 5.41) is 5.15. The first-order valence-electron chi connectivity index (χ1n) is 5.52. The molecular weight excluding hydrogens is 208 g/mol. The maximum Gasteiger partial charge on any atom is 0.246 e. The maximum atomic E-state index is 11.3. The first kappa shape index (κ1) is 14.9. The first-order chi connectivity index (χ1) is 7.35. The summed E-state index contributed by atoms with van der Waals surface area (Å²) in [5.41, 5.74) is -0.345. The molecule has 5 nitrogen and oxygen atoms in total. The van der Waals surface area contributed by atoms with Gasteiger partial charge in [-0.2, -0.15) is 0 Å². The zero-order valence-electron chi connectivity index (χ0n) is 10.6. The third kappa shape index (κ3) is 9.45. The number of carbonyl (C=O) groups is 2. The Morgan fingerprint density at radius 2 is 1.75 bits per heavy atom. The molecule has 2 N–H and O–H groups in total. The Bertz CT molecular complexity index is 234. The number of hydrogen-bond donors (Lipinski definition) is 2. The third-order valence-electron chi connectivity index (χ3n) is 1.65. The minimum absolute atomic E-state index is 0.00629. The fourth-order valence-corrected chi connectivity index (χ4v) is 0.839. The summed E-state index contributed by atoms with van der Waals surface area (Å²) in [6, 6.07) is 0. The summed E-state index contributed by atoms with van der Waals surface area (Å²) in [6.45, 7) is 8.19. The van der Waals surface area contributed by atoms with Crippen molar-refractivity contribution in [1.29, 1.82) is 0 Å². The van der Waals surface area contributed by atoms with E-state index in [4.69, 9.17) is 4.74 Å². The van der Waals surface area contributed by atoms with Crippen LogP contribution in [0.15, 0.2) is 0 Å². The number of carbonyl (C=O) groups excluding carboxylic acids is 2. The van der Waals surface area contributed by atoms with Gasteiger partial charge < -0.3 is 15.4 Å². The van der Waals surface area contributed by atoms with Crippen molar-refractivity contribution >= 4 is 11.8 Å². The van der Waals surface area contributed by atoms with Crippen molar-refractivity contribution in [3.05, 3.63) is 0 Å². The van der Waals surface area contributed by atoms with Crippen molar-refractivity contribution in [1.82, 2.24) is 10.6 Å². The molecule has 5 heteroatoms. The van der Waals surface area contributed by atoms with Crippen LogP contribution < -0.4 is 10.6 Å². The largest absolute Gasteiger partial charge is 0.366 e. The van der Waals surface area contributed by atoms with E-state index in [9.17, 15) is 9.59 Å². The van der Waals surface area contributed by atoms with Crippen molar-refractivity contribution in [3.8, 4) is 0 Å². The van der Waals surface area contributed by atoms with Crippen LogP contribution in [0.25, 0.3) is 0 Å². The molecule has 0 radical (unpaired) electrons. The molecule has 94 valence electrons. The average molecular weight is 230 g/mol. The standard InChI is InChI=1S/C11H22N2O3/c1-5-6-12-9(14)7-13-10(15)8-16-11(2,3)4/h5-8H2,1-4H3,(H,12,14)(H,13,15). The Morgan fingerprint density at radius 1 is 1.12 bits per heavy atom. The third-order valence-corrected chi connectivity index (χ3v) is 1.65. The summed E-state index contributed by atoms with van der Waals surface area (Å²) in [7, 11) is 0. The van der Waals surface area contributed by atoms with Crippen LogP contribution in [-0.4, -0.2) is 37.1 Å². The maximum absolute atomic E-state index is 11.3. The molecule has 2 amide bonds. The number of rotatable bonds is 6. The average Bonchev–Trinajstić information content (AvgIpc) is 2.19. The molecule has 0 aromatic heterocycles. The molecule has 0 fully saturated rings. The van der Waals surface area contributed by atoms with Gasteiger partial charge in [-0.05, 0) is 27.2 Å². The van der Waals surface area contributed by atoms with Crippen LogP contribution in [0.2, 0.25) is 0 Å². The zero-order chi connectivity index (χ0) is 12.6. The smallest absolute Gasteiger partial charge is 0.246 e. The molecule has 0 bridgehead atoms. The summed E-state index contributed by atoms with van der Waals surface area (Å²) in [4.78, 5) is 22.4. The fourth-order valence-electron chi connectivity index (χ4n) is 0.839. The van der Waals surface area contributed by atoms with Gasteiger partial charge in [0.15, 0.2) is 0 Å². The van der Waals surface area contributed by atoms with Gasteiger partial charge in [-0.3, -0.25) is 9.59 Å². The normalized spacial score (nSPS) is 11.0. The van der Waals surface area contributed by atoms with Crippen LogP contribution in [-0.2, 0) is 14.3 Å². The van der Waals surface area contributed by atoms with E-state index in [2.05, 4.69) is 10.6 Å². The van der Waals surface area contributed by atoms with E-state index in [-0.39, 0.29) is 30.6 Å². The van der Waals surface area contributed by atoms with E-state index < -0.39 is 0 Å². The first-order valence-corrected chi connectivity index (χ1v) is 5.52. The Hall–Kier alpha value is -1.10. The van der Waals surface area contributed by atoms with E-state index in [0.29, 0.717) is 6.54 Å². The van der Waals surface area contributed by atoms with Crippen molar-refractivity contribution in [2.45, 2.75) is 39.7 Å². The highest BCUT2D eigenvalue weighted by atomic mass is 16.5. The highest BCUT2D eigenvalue weighted by Gasteiger charge is 2.13. The van der Waals surface area contributed by atoms with Gasteiger partial charge in [-0.15, -0.1) is 0 Å². The van der Waals surface area contributed by atoms with Gasteiger partial charge in [0.1, 0.15) is 6.61 Å². The van der Waals surface area contributed by atoms with Crippen molar-refractivity contribution in [2.75, 3.05) is 19.7 Å². The summed E-state index contributed by atoms with van der Waals surface area (Å²) in [5.74, 6) is -0.451. The molecule has 0 rings (SSSR count). The molecule has 0 atom stereocenters. The summed E-state index contributed by atoms with van der Waals surface area (Å²) < 4.78 is 5.26. The molecule has 0 aromatic carbocycles. The van der Waals surface area contributed by atoms with Gasteiger partial charge >= 0.3 is 0 Å². The van der Waals surface area contributed by atoms with Crippen molar-refractivity contribution < 1.29 is 14.3 Å². The molecule has 0 saturated carbocycles. The Kier molecular flexibility index (Phi) is 6.72. The number of nitrogens with one attached hydrogen (secondary N) is 2. The lowest BCUT2D eigenvalue weighted by atomic mass is 10.2. The predicted molar refractivity (Wildman–Crippen MR) is 62.0 cm³/mol. The minimum atomic E-state index is -0.345. The van der Waals surface area contributed by atoms with E-state index in [0.717, 1.165) is 6.42 Å². The topological polar surface area (TPSA) is 67.4 Å². The van der Waals surface area contributed by atoms with Crippen LogP contribution in [0.1, 0.15) is 34.1 Å². The molecule has 0 aromatic rings. The molecular formula is C11H22N2O3. The van der Waals surface area contributed by atoms with Crippen LogP contribution >= 0.6 is 0 Å². The molecule has 0 saturated heterocycles. The SMILES string of the molecule is CCCNC(=O)CNC(=O)COC(C)(C)C. The summed E-state index contributed by atoms with van der Waals surface area (Å²) in [6.07, 6.45) is 0.882. The Morgan fingerprint density at radius 3 is 2.25 bits per heavy atom. The minimum Gasteiger partial charge on any atom is -0.366 e. The lowest BCUT2D eigenvalue weighted by Gasteiger charge is -2.18. The van der Waals surface area contributed by atoms with Gasteiger partial charge in [0.05, 0.1) is 12.1 Å². The quantitative estimate of drug-likeness (QED) is 0.696.